The second-order valence-electron chi connectivity index (χ2n) is 7.31. The second-order valence-corrected chi connectivity index (χ2v) is 8.57. The number of carbonyl (C=O) groups excluding carboxylic acids is 1. The summed E-state index contributed by atoms with van der Waals surface area (Å²) in [6.45, 7) is 5.63. The van der Waals surface area contributed by atoms with Gasteiger partial charge in [0.05, 0.1) is 16.3 Å². The minimum absolute atomic E-state index is 0.00975. The highest BCUT2D eigenvalue weighted by molar-refractivity contribution is 7.19. The van der Waals surface area contributed by atoms with Crippen LogP contribution in [0.3, 0.4) is 0 Å². The first-order valence-electron chi connectivity index (χ1n) is 9.65. The molecule has 0 spiro atoms. The molecule has 0 radical (unpaired) electrons. The summed E-state index contributed by atoms with van der Waals surface area (Å²) in [6, 6.07) is 5.92. The molecular weight excluding hydrogens is 372 g/mol. The number of thiophene rings is 1. The molecule has 146 valence electrons. The molecule has 1 unspecified atom stereocenters. The lowest BCUT2D eigenvalue weighted by Crippen LogP contribution is -2.13. The van der Waals surface area contributed by atoms with Gasteiger partial charge in [0.2, 0.25) is 5.95 Å². The van der Waals surface area contributed by atoms with E-state index >= 15 is 0 Å². The number of nitrogens with one attached hydrogen (secondary N) is 1. The minimum Gasteiger partial charge on any atom is -0.381 e. The number of ether oxygens (including phenoxy) is 1. The predicted molar refractivity (Wildman–Crippen MR) is 111 cm³/mol. The maximum atomic E-state index is 13.0. The highest BCUT2D eigenvalue weighted by Crippen LogP contribution is 2.30. The van der Waals surface area contributed by atoms with Crippen molar-refractivity contribution in [2.24, 2.45) is 5.92 Å². The summed E-state index contributed by atoms with van der Waals surface area (Å²) >= 11 is 1.58. The van der Waals surface area contributed by atoms with E-state index in [-0.39, 0.29) is 11.8 Å². The number of nitrogens with zero attached hydrogens (tertiary/aromatic N) is 3. The standard InChI is InChI=1S/C21H24N4O2S/c1-13-10-17-20(28-13)19(18(26)6-5-15-7-9-27-12-15)25-21(24-17)23-14(2)16-4-3-8-22-11-16/h3-4,8,10-11,14-15H,5-7,9,12H2,1-2H3,(H,23,24,25)/t14-,15?/m0/s1. The van der Waals surface area contributed by atoms with Crippen LogP contribution in [0.4, 0.5) is 5.95 Å². The van der Waals surface area contributed by atoms with Crippen LogP contribution in [-0.4, -0.2) is 33.9 Å². The molecule has 1 N–H and O–H groups in total. The third-order valence-corrected chi connectivity index (χ3v) is 6.14. The molecule has 0 aromatic carbocycles. The molecule has 1 fully saturated rings. The van der Waals surface area contributed by atoms with Crippen LogP contribution in [0.15, 0.2) is 30.6 Å². The summed E-state index contributed by atoms with van der Waals surface area (Å²) in [4.78, 5) is 27.5. The molecule has 0 aliphatic carbocycles. The smallest absolute Gasteiger partial charge is 0.224 e. The summed E-state index contributed by atoms with van der Waals surface area (Å²) < 4.78 is 6.30. The van der Waals surface area contributed by atoms with Crippen LogP contribution in [-0.2, 0) is 4.74 Å². The molecule has 6 nitrogen and oxygen atoms in total. The normalized spacial score (nSPS) is 17.7. The van der Waals surface area contributed by atoms with Crippen LogP contribution in [0.1, 0.15) is 53.2 Å². The van der Waals surface area contributed by atoms with E-state index in [0.717, 1.165) is 46.7 Å². The van der Waals surface area contributed by atoms with Gasteiger partial charge in [0, 0.05) is 36.9 Å². The minimum atomic E-state index is -0.00975. The number of aromatic nitrogens is 3. The average Bonchev–Trinajstić information content (AvgIpc) is 3.34. The number of hydrogen-bond acceptors (Lipinski definition) is 7. The van der Waals surface area contributed by atoms with Crippen molar-refractivity contribution in [2.75, 3.05) is 18.5 Å². The number of anilines is 1. The van der Waals surface area contributed by atoms with E-state index in [1.165, 1.54) is 0 Å². The SMILES string of the molecule is Cc1cc2nc(N[C@@H](C)c3cccnc3)nc(C(=O)CCC3CCOC3)c2s1. The monoisotopic (exact) mass is 396 g/mol. The Hall–Kier alpha value is -2.38. The first-order valence-corrected chi connectivity index (χ1v) is 10.5. The number of carbonyl (C=O) groups is 1. The van der Waals surface area contributed by atoms with E-state index in [0.29, 0.717) is 24.0 Å². The summed E-state index contributed by atoms with van der Waals surface area (Å²) in [5, 5.41) is 3.32. The van der Waals surface area contributed by atoms with Crippen LogP contribution < -0.4 is 5.32 Å². The summed E-state index contributed by atoms with van der Waals surface area (Å²) in [5.74, 6) is 1.04. The lowest BCUT2D eigenvalue weighted by molar-refractivity contribution is 0.0968. The maximum Gasteiger partial charge on any atom is 0.224 e. The topological polar surface area (TPSA) is 77.0 Å². The average molecular weight is 397 g/mol. The molecular formula is C21H24N4O2S. The zero-order valence-corrected chi connectivity index (χ0v) is 17.0. The van der Waals surface area contributed by atoms with Crippen molar-refractivity contribution in [3.05, 3.63) is 46.7 Å². The molecule has 0 amide bonds. The maximum absolute atomic E-state index is 13.0. The van der Waals surface area contributed by atoms with Gasteiger partial charge in [-0.15, -0.1) is 11.3 Å². The molecule has 0 bridgehead atoms. The molecule has 4 heterocycles. The molecule has 1 aliphatic heterocycles. The van der Waals surface area contributed by atoms with E-state index in [1.807, 2.05) is 38.2 Å². The van der Waals surface area contributed by atoms with Gasteiger partial charge in [0.1, 0.15) is 5.69 Å². The number of fused-ring (bicyclic) bond motifs is 1. The molecule has 3 aromatic rings. The van der Waals surface area contributed by atoms with Gasteiger partial charge in [-0.3, -0.25) is 9.78 Å². The highest BCUT2D eigenvalue weighted by Gasteiger charge is 2.21. The molecule has 3 aromatic heterocycles. The van der Waals surface area contributed by atoms with Crippen molar-refractivity contribution in [3.63, 3.8) is 0 Å². The lowest BCUT2D eigenvalue weighted by Gasteiger charge is -2.14. The van der Waals surface area contributed by atoms with E-state index in [1.54, 1.807) is 17.5 Å². The Bertz CT molecular complexity index is 967. The summed E-state index contributed by atoms with van der Waals surface area (Å²) in [6.07, 6.45) is 5.96. The van der Waals surface area contributed by atoms with Gasteiger partial charge in [0.15, 0.2) is 5.78 Å². The van der Waals surface area contributed by atoms with E-state index < -0.39 is 0 Å². The fourth-order valence-corrected chi connectivity index (χ4v) is 4.43. The van der Waals surface area contributed by atoms with Crippen molar-refractivity contribution in [2.45, 2.75) is 39.2 Å². The molecule has 4 rings (SSSR count). The van der Waals surface area contributed by atoms with Gasteiger partial charge in [-0.05, 0) is 50.3 Å². The zero-order chi connectivity index (χ0) is 19.5. The van der Waals surface area contributed by atoms with Gasteiger partial charge in [-0.2, -0.15) is 0 Å². The van der Waals surface area contributed by atoms with Crippen molar-refractivity contribution in [1.29, 1.82) is 0 Å². The Balaban J connectivity index is 1.58. The number of hydrogen-bond donors (Lipinski definition) is 1. The van der Waals surface area contributed by atoms with Crippen LogP contribution >= 0.6 is 11.3 Å². The number of pyridine rings is 1. The van der Waals surface area contributed by atoms with Gasteiger partial charge in [-0.25, -0.2) is 9.97 Å². The Morgan fingerprint density at radius 3 is 3.07 bits per heavy atom. The first-order chi connectivity index (χ1) is 13.6. The predicted octanol–water partition coefficient (Wildman–Crippen LogP) is 4.57. The molecule has 28 heavy (non-hydrogen) atoms. The van der Waals surface area contributed by atoms with Crippen LogP contribution in [0.2, 0.25) is 0 Å². The van der Waals surface area contributed by atoms with Crippen LogP contribution in [0.5, 0.6) is 0 Å². The Labute approximate surface area is 168 Å². The molecule has 7 heteroatoms. The third kappa shape index (κ3) is 4.20. The fraction of sp³-hybridized carbons (Fsp3) is 0.429. The Morgan fingerprint density at radius 1 is 1.43 bits per heavy atom. The van der Waals surface area contributed by atoms with Gasteiger partial charge >= 0.3 is 0 Å². The number of rotatable bonds is 7. The van der Waals surface area contributed by atoms with Gasteiger partial charge < -0.3 is 10.1 Å². The molecule has 2 atom stereocenters. The fourth-order valence-electron chi connectivity index (χ4n) is 3.48. The zero-order valence-electron chi connectivity index (χ0n) is 16.1. The summed E-state index contributed by atoms with van der Waals surface area (Å²) in [7, 11) is 0. The van der Waals surface area contributed by atoms with Crippen LogP contribution in [0.25, 0.3) is 10.2 Å². The van der Waals surface area contributed by atoms with Gasteiger partial charge in [0.25, 0.3) is 0 Å². The first kappa shape index (κ1) is 19.0. The Kier molecular flexibility index (Phi) is 5.64. The largest absolute Gasteiger partial charge is 0.381 e. The quantitative estimate of drug-likeness (QED) is 0.590. The third-order valence-electron chi connectivity index (χ3n) is 5.09. The molecule has 0 saturated carbocycles. The number of Topliss-reactive ketones (excluding diaryl/α,β-unsaturated/α-hetero) is 1. The van der Waals surface area contributed by atoms with E-state index in [9.17, 15) is 4.79 Å². The number of aryl methyl sites for hydroxylation is 1. The van der Waals surface area contributed by atoms with Crippen molar-refractivity contribution < 1.29 is 9.53 Å². The number of ketones is 1. The highest BCUT2D eigenvalue weighted by atomic mass is 32.1. The Morgan fingerprint density at radius 2 is 2.32 bits per heavy atom. The lowest BCUT2D eigenvalue weighted by atomic mass is 10.00. The molecule has 1 saturated heterocycles. The van der Waals surface area contributed by atoms with Gasteiger partial charge in [-0.1, -0.05) is 6.07 Å². The van der Waals surface area contributed by atoms with Crippen LogP contribution in [0, 0.1) is 12.8 Å². The van der Waals surface area contributed by atoms with Crippen molar-refractivity contribution in [1.82, 2.24) is 15.0 Å². The van der Waals surface area contributed by atoms with E-state index in [4.69, 9.17) is 4.74 Å². The second kappa shape index (κ2) is 8.32. The van der Waals surface area contributed by atoms with Crippen molar-refractivity contribution in [3.8, 4) is 0 Å². The molecule has 1 aliphatic rings. The summed E-state index contributed by atoms with van der Waals surface area (Å²) in [5.41, 5.74) is 2.40. The van der Waals surface area contributed by atoms with E-state index in [2.05, 4.69) is 20.3 Å². The van der Waals surface area contributed by atoms with Crippen molar-refractivity contribution >= 4 is 33.3 Å².